The van der Waals surface area contributed by atoms with Crippen LogP contribution in [0.25, 0.3) is 5.78 Å². The molecule has 11 nitrogen and oxygen atoms in total. The summed E-state index contributed by atoms with van der Waals surface area (Å²) in [7, 11) is -6.97. The number of nitrogens with zero attached hydrogens (tertiary/aromatic N) is 5. The zero-order chi connectivity index (χ0) is 25.1. The summed E-state index contributed by atoms with van der Waals surface area (Å²) in [6, 6.07) is 6.72. The van der Waals surface area contributed by atoms with Crippen molar-refractivity contribution in [3.05, 3.63) is 47.0 Å². The third-order valence-electron chi connectivity index (χ3n) is 5.95. The van der Waals surface area contributed by atoms with E-state index in [0.717, 1.165) is 17.3 Å². The number of aromatic nitrogens is 4. The molecule has 3 aromatic rings. The van der Waals surface area contributed by atoms with Crippen molar-refractivity contribution in [2.45, 2.75) is 31.1 Å². The number of anilines is 1. The lowest BCUT2D eigenvalue weighted by Crippen LogP contribution is -2.40. The third-order valence-corrected chi connectivity index (χ3v) is 9.84. The number of nitrogens with one attached hydrogen (secondary N) is 2. The average molecular weight is 587 g/mol. The van der Waals surface area contributed by atoms with E-state index in [-0.39, 0.29) is 23.1 Å². The molecule has 4 rings (SSSR count). The molecular formula is C21H28BrN7O4S2. The van der Waals surface area contributed by atoms with Crippen molar-refractivity contribution in [3.63, 3.8) is 0 Å². The molecule has 35 heavy (non-hydrogen) atoms. The van der Waals surface area contributed by atoms with Gasteiger partial charge < -0.3 is 5.32 Å². The predicted molar refractivity (Wildman–Crippen MR) is 136 cm³/mol. The van der Waals surface area contributed by atoms with Gasteiger partial charge in [0.1, 0.15) is 4.90 Å². The lowest BCUT2D eigenvalue weighted by molar-refractivity contribution is 0.282. The van der Waals surface area contributed by atoms with Gasteiger partial charge in [-0.15, -0.1) is 5.10 Å². The number of hydrogen-bond donors (Lipinski definition) is 2. The summed E-state index contributed by atoms with van der Waals surface area (Å²) in [6.07, 6.45) is 5.12. The summed E-state index contributed by atoms with van der Waals surface area (Å²) >= 11 is 3.41. The first kappa shape index (κ1) is 25.9. The lowest BCUT2D eigenvalue weighted by atomic mass is 9.98. The molecule has 2 aromatic heterocycles. The molecule has 3 heterocycles. The molecule has 1 fully saturated rings. The topological polar surface area (TPSA) is 139 Å². The van der Waals surface area contributed by atoms with Crippen LogP contribution in [-0.4, -0.2) is 72.7 Å². The zero-order valence-electron chi connectivity index (χ0n) is 19.3. The summed E-state index contributed by atoms with van der Waals surface area (Å²) in [4.78, 5) is 8.55. The molecule has 14 heteroatoms. The quantitative estimate of drug-likeness (QED) is 0.367. The Morgan fingerprint density at radius 2 is 1.94 bits per heavy atom. The molecular weight excluding hydrogens is 558 g/mol. The number of hydrogen-bond acceptors (Lipinski definition) is 8. The molecule has 1 aliphatic rings. The van der Waals surface area contributed by atoms with Crippen LogP contribution >= 0.6 is 15.9 Å². The summed E-state index contributed by atoms with van der Waals surface area (Å²) in [5, 5.41) is 7.56. The third kappa shape index (κ3) is 6.36. The molecule has 0 aliphatic carbocycles. The van der Waals surface area contributed by atoms with Gasteiger partial charge in [0, 0.05) is 49.5 Å². The minimum absolute atomic E-state index is 0.103. The van der Waals surface area contributed by atoms with Crippen LogP contribution in [0.5, 0.6) is 0 Å². The van der Waals surface area contributed by atoms with Crippen molar-refractivity contribution in [1.82, 2.24) is 28.6 Å². The maximum absolute atomic E-state index is 13.1. The normalized spacial score (nSPS) is 16.1. The van der Waals surface area contributed by atoms with E-state index < -0.39 is 20.0 Å². The van der Waals surface area contributed by atoms with Crippen LogP contribution < -0.4 is 10.0 Å². The van der Waals surface area contributed by atoms with E-state index in [1.807, 2.05) is 0 Å². The van der Waals surface area contributed by atoms with Gasteiger partial charge >= 0.3 is 0 Å². The average Bonchev–Trinajstić information content (AvgIpc) is 3.25. The highest BCUT2D eigenvalue weighted by molar-refractivity contribution is 9.10. The maximum atomic E-state index is 13.1. The molecule has 0 spiro atoms. The Bertz CT molecular complexity index is 1350. The summed E-state index contributed by atoms with van der Waals surface area (Å²) in [5.41, 5.74) is 0.491. The van der Waals surface area contributed by atoms with E-state index in [9.17, 15) is 16.8 Å². The van der Waals surface area contributed by atoms with Gasteiger partial charge in [-0.1, -0.05) is 15.9 Å². The Hall–Kier alpha value is -2.13. The predicted octanol–water partition coefficient (Wildman–Crippen LogP) is 1.88. The van der Waals surface area contributed by atoms with Crippen LogP contribution in [-0.2, 0) is 26.5 Å². The Labute approximate surface area is 213 Å². The minimum Gasteiger partial charge on any atom is -0.384 e. The molecule has 2 N–H and O–H groups in total. The molecule has 1 aromatic carbocycles. The van der Waals surface area contributed by atoms with Crippen molar-refractivity contribution in [3.8, 4) is 0 Å². The monoisotopic (exact) mass is 585 g/mol. The van der Waals surface area contributed by atoms with E-state index >= 15 is 0 Å². The van der Waals surface area contributed by atoms with Crippen molar-refractivity contribution in [2.75, 3.05) is 37.2 Å². The van der Waals surface area contributed by atoms with E-state index in [1.165, 1.54) is 4.31 Å². The smallest absolute Gasteiger partial charge is 0.252 e. The Kier molecular flexibility index (Phi) is 8.06. The van der Waals surface area contributed by atoms with E-state index in [2.05, 4.69) is 41.0 Å². The number of halogens is 1. The van der Waals surface area contributed by atoms with Crippen LogP contribution in [0.1, 0.15) is 25.6 Å². The Morgan fingerprint density at radius 1 is 1.17 bits per heavy atom. The Morgan fingerprint density at radius 3 is 2.66 bits per heavy atom. The van der Waals surface area contributed by atoms with E-state index in [4.69, 9.17) is 0 Å². The van der Waals surface area contributed by atoms with Gasteiger partial charge in [0.25, 0.3) is 5.78 Å². The van der Waals surface area contributed by atoms with Crippen molar-refractivity contribution >= 4 is 47.4 Å². The first-order chi connectivity index (χ1) is 16.7. The molecule has 0 atom stereocenters. The van der Waals surface area contributed by atoms with Crippen molar-refractivity contribution < 1.29 is 16.8 Å². The van der Waals surface area contributed by atoms with Gasteiger partial charge in [0.2, 0.25) is 20.0 Å². The standard InChI is InChI=1S/C21H28BrN7O4S2/c1-2-34(30,31)28-12-7-16(8-13-28)15-24-18-14-17(22)4-5-19(18)35(32,33)25-10-6-20-26-21-23-9-3-11-29(21)27-20/h3-5,9,11,14,16,24-25H,2,6-8,10,12-13,15H2,1H3. The number of benzene rings is 1. The number of piperidine rings is 1. The van der Waals surface area contributed by atoms with E-state index in [0.29, 0.717) is 43.3 Å². The number of sulfonamides is 2. The first-order valence-electron chi connectivity index (χ1n) is 11.3. The van der Waals surface area contributed by atoms with Crippen LogP contribution in [0.15, 0.2) is 46.0 Å². The van der Waals surface area contributed by atoms with Gasteiger partial charge in [-0.05, 0) is 49.9 Å². The fraction of sp³-hybridized carbons (Fsp3) is 0.476. The number of rotatable bonds is 10. The largest absolute Gasteiger partial charge is 0.384 e. The lowest BCUT2D eigenvalue weighted by Gasteiger charge is -2.31. The SMILES string of the molecule is CCS(=O)(=O)N1CCC(CNc2cc(Br)ccc2S(=O)(=O)NCCc2nc3ncccn3n2)CC1. The van der Waals surface area contributed by atoms with Gasteiger partial charge in [-0.3, -0.25) is 0 Å². The second-order valence-electron chi connectivity index (χ2n) is 8.30. The molecule has 0 amide bonds. The fourth-order valence-corrected chi connectivity index (χ4v) is 6.65. The Balaban J connectivity index is 1.37. The molecule has 190 valence electrons. The number of fused-ring (bicyclic) bond motifs is 1. The van der Waals surface area contributed by atoms with Gasteiger partial charge in [-0.2, -0.15) is 4.98 Å². The second kappa shape index (κ2) is 10.9. The molecule has 1 aliphatic heterocycles. The first-order valence-corrected chi connectivity index (χ1v) is 15.2. The molecule has 0 unspecified atom stereocenters. The molecule has 1 saturated heterocycles. The van der Waals surface area contributed by atoms with Crippen LogP contribution in [0.3, 0.4) is 0 Å². The zero-order valence-corrected chi connectivity index (χ0v) is 22.5. The molecule has 0 radical (unpaired) electrons. The highest BCUT2D eigenvalue weighted by Gasteiger charge is 2.27. The highest BCUT2D eigenvalue weighted by atomic mass is 79.9. The fourth-order valence-electron chi connectivity index (χ4n) is 3.96. The van der Waals surface area contributed by atoms with Crippen LogP contribution in [0.4, 0.5) is 5.69 Å². The maximum Gasteiger partial charge on any atom is 0.252 e. The summed E-state index contributed by atoms with van der Waals surface area (Å²) in [5.74, 6) is 1.31. The van der Waals surface area contributed by atoms with Crippen LogP contribution in [0, 0.1) is 5.92 Å². The van der Waals surface area contributed by atoms with Gasteiger partial charge in [0.05, 0.1) is 11.4 Å². The van der Waals surface area contributed by atoms with Crippen LogP contribution in [0.2, 0.25) is 0 Å². The van der Waals surface area contributed by atoms with Gasteiger partial charge in [-0.25, -0.2) is 35.4 Å². The summed E-state index contributed by atoms with van der Waals surface area (Å²) < 4.78 is 56.7. The highest BCUT2D eigenvalue weighted by Crippen LogP contribution is 2.27. The van der Waals surface area contributed by atoms with Crippen molar-refractivity contribution in [1.29, 1.82) is 0 Å². The minimum atomic E-state index is -3.79. The van der Waals surface area contributed by atoms with Gasteiger partial charge in [0.15, 0.2) is 5.82 Å². The summed E-state index contributed by atoms with van der Waals surface area (Å²) in [6.45, 7) is 3.31. The molecule has 0 bridgehead atoms. The van der Waals surface area contributed by atoms with E-state index in [1.54, 1.807) is 48.1 Å². The second-order valence-corrected chi connectivity index (χ2v) is 13.2. The van der Waals surface area contributed by atoms with Crippen molar-refractivity contribution in [2.24, 2.45) is 5.92 Å². The molecule has 0 saturated carbocycles.